The second-order valence-electron chi connectivity index (χ2n) is 6.75. The van der Waals surface area contributed by atoms with Crippen molar-refractivity contribution in [3.05, 3.63) is 23.8 Å². The predicted molar refractivity (Wildman–Crippen MR) is 103 cm³/mol. The molecule has 1 aliphatic heterocycles. The predicted octanol–water partition coefficient (Wildman–Crippen LogP) is 2.92. The van der Waals surface area contributed by atoms with Gasteiger partial charge in [-0.25, -0.2) is 8.42 Å². The molecular weight excluding hydrogens is 338 g/mol. The minimum atomic E-state index is -3.39. The minimum absolute atomic E-state index is 0.0296. The Hall–Kier alpha value is -1.76. The summed E-state index contributed by atoms with van der Waals surface area (Å²) < 4.78 is 26.9. The molecule has 1 amide bonds. The standard InChI is InChI=1S/C18H29N3O3S/c1-4-5-13-25(23,24)19-15-9-10-17(20(2)3)16(14-15)18(22)21-11-7-6-8-12-21/h9-10,14,19H,4-8,11-13H2,1-3H3. The van der Waals surface area contributed by atoms with Gasteiger partial charge in [-0.3, -0.25) is 9.52 Å². The maximum atomic E-state index is 12.9. The highest BCUT2D eigenvalue weighted by Gasteiger charge is 2.22. The number of nitrogens with zero attached hydrogens (tertiary/aromatic N) is 2. The van der Waals surface area contributed by atoms with Crippen molar-refractivity contribution in [1.29, 1.82) is 0 Å². The van der Waals surface area contributed by atoms with Crippen molar-refractivity contribution < 1.29 is 13.2 Å². The van der Waals surface area contributed by atoms with Crippen LogP contribution in [0.25, 0.3) is 0 Å². The second-order valence-corrected chi connectivity index (χ2v) is 8.60. The summed E-state index contributed by atoms with van der Waals surface area (Å²) in [7, 11) is 0.379. The Morgan fingerprint density at radius 3 is 2.48 bits per heavy atom. The van der Waals surface area contributed by atoms with E-state index in [4.69, 9.17) is 0 Å². The average Bonchev–Trinajstić information content (AvgIpc) is 2.59. The van der Waals surface area contributed by atoms with Gasteiger partial charge in [-0.2, -0.15) is 0 Å². The summed E-state index contributed by atoms with van der Waals surface area (Å²) in [4.78, 5) is 16.7. The van der Waals surface area contributed by atoms with Gasteiger partial charge in [0.15, 0.2) is 0 Å². The first kappa shape index (κ1) is 19.6. The van der Waals surface area contributed by atoms with E-state index in [-0.39, 0.29) is 11.7 Å². The van der Waals surface area contributed by atoms with Gasteiger partial charge >= 0.3 is 0 Å². The van der Waals surface area contributed by atoms with E-state index in [1.165, 1.54) is 0 Å². The molecule has 1 aromatic carbocycles. The number of sulfonamides is 1. The van der Waals surface area contributed by atoms with Gasteiger partial charge < -0.3 is 9.80 Å². The molecule has 1 heterocycles. The van der Waals surface area contributed by atoms with Crippen LogP contribution in [-0.2, 0) is 10.0 Å². The molecule has 0 saturated carbocycles. The highest BCUT2D eigenvalue weighted by Crippen LogP contribution is 2.26. The lowest BCUT2D eigenvalue weighted by molar-refractivity contribution is 0.0725. The van der Waals surface area contributed by atoms with Crippen LogP contribution in [0.5, 0.6) is 0 Å². The molecule has 0 radical (unpaired) electrons. The van der Waals surface area contributed by atoms with Crippen molar-refractivity contribution in [2.45, 2.75) is 39.0 Å². The Bertz CT molecular complexity index is 696. The van der Waals surface area contributed by atoms with Gasteiger partial charge in [-0.1, -0.05) is 13.3 Å². The highest BCUT2D eigenvalue weighted by molar-refractivity contribution is 7.92. The van der Waals surface area contributed by atoms with Crippen molar-refractivity contribution in [3.63, 3.8) is 0 Å². The summed E-state index contributed by atoms with van der Waals surface area (Å²) in [6.45, 7) is 3.48. The number of hydrogen-bond acceptors (Lipinski definition) is 4. The van der Waals surface area contributed by atoms with Gasteiger partial charge in [0.25, 0.3) is 5.91 Å². The number of carbonyl (C=O) groups is 1. The minimum Gasteiger partial charge on any atom is -0.377 e. The topological polar surface area (TPSA) is 69.7 Å². The van der Waals surface area contributed by atoms with Crippen LogP contribution in [0.3, 0.4) is 0 Å². The molecule has 7 heteroatoms. The van der Waals surface area contributed by atoms with E-state index < -0.39 is 10.0 Å². The molecule has 0 spiro atoms. The zero-order valence-corrected chi connectivity index (χ0v) is 16.2. The van der Waals surface area contributed by atoms with E-state index in [2.05, 4.69) is 4.72 Å². The van der Waals surface area contributed by atoms with E-state index in [9.17, 15) is 13.2 Å². The first-order valence-corrected chi connectivity index (χ1v) is 10.6. The third-order valence-electron chi connectivity index (χ3n) is 4.39. The zero-order chi connectivity index (χ0) is 18.4. The summed E-state index contributed by atoms with van der Waals surface area (Å²) >= 11 is 0. The number of hydrogen-bond donors (Lipinski definition) is 1. The molecule has 140 valence electrons. The first-order chi connectivity index (χ1) is 11.8. The van der Waals surface area contributed by atoms with Crippen molar-refractivity contribution in [1.82, 2.24) is 4.90 Å². The summed E-state index contributed by atoms with van der Waals surface area (Å²) in [5.74, 6) is 0.0620. The smallest absolute Gasteiger partial charge is 0.256 e. The van der Waals surface area contributed by atoms with Crippen molar-refractivity contribution >= 4 is 27.3 Å². The summed E-state index contributed by atoms with van der Waals surface area (Å²) in [6, 6.07) is 5.18. The summed E-state index contributed by atoms with van der Waals surface area (Å²) in [5, 5.41) is 0. The van der Waals surface area contributed by atoms with E-state index in [1.54, 1.807) is 18.2 Å². The van der Waals surface area contributed by atoms with Crippen molar-refractivity contribution in [2.24, 2.45) is 0 Å². The van der Waals surface area contributed by atoms with E-state index in [1.807, 2.05) is 30.8 Å². The largest absolute Gasteiger partial charge is 0.377 e. The third kappa shape index (κ3) is 5.36. The fourth-order valence-corrected chi connectivity index (χ4v) is 4.25. The van der Waals surface area contributed by atoms with Crippen LogP contribution in [0.4, 0.5) is 11.4 Å². The number of rotatable bonds is 7. The summed E-state index contributed by atoms with van der Waals surface area (Å²) in [5.41, 5.74) is 1.79. The zero-order valence-electron chi connectivity index (χ0n) is 15.4. The number of anilines is 2. The molecule has 1 saturated heterocycles. The lowest BCUT2D eigenvalue weighted by Crippen LogP contribution is -2.36. The number of piperidine rings is 1. The fraction of sp³-hybridized carbons (Fsp3) is 0.611. The molecule has 6 nitrogen and oxygen atoms in total. The molecule has 1 fully saturated rings. The van der Waals surface area contributed by atoms with Gasteiger partial charge in [-0.05, 0) is 43.9 Å². The Balaban J connectivity index is 2.28. The maximum absolute atomic E-state index is 12.9. The molecular formula is C18H29N3O3S. The Morgan fingerprint density at radius 1 is 1.20 bits per heavy atom. The third-order valence-corrected chi connectivity index (χ3v) is 5.76. The maximum Gasteiger partial charge on any atom is 0.256 e. The lowest BCUT2D eigenvalue weighted by Gasteiger charge is -2.28. The van der Waals surface area contributed by atoms with Crippen LogP contribution in [-0.4, -0.2) is 52.2 Å². The molecule has 0 atom stereocenters. The van der Waals surface area contributed by atoms with E-state index in [0.717, 1.165) is 44.5 Å². The van der Waals surface area contributed by atoms with E-state index in [0.29, 0.717) is 17.7 Å². The molecule has 1 aliphatic rings. The Morgan fingerprint density at radius 2 is 1.88 bits per heavy atom. The number of benzene rings is 1. The van der Waals surface area contributed by atoms with Gasteiger partial charge in [0.2, 0.25) is 10.0 Å². The van der Waals surface area contributed by atoms with Gasteiger partial charge in [-0.15, -0.1) is 0 Å². The normalized spacial score (nSPS) is 15.1. The van der Waals surface area contributed by atoms with Crippen LogP contribution < -0.4 is 9.62 Å². The van der Waals surface area contributed by atoms with Crippen LogP contribution in [0.1, 0.15) is 49.4 Å². The molecule has 25 heavy (non-hydrogen) atoms. The quantitative estimate of drug-likeness (QED) is 0.804. The van der Waals surface area contributed by atoms with Crippen LogP contribution >= 0.6 is 0 Å². The molecule has 0 aliphatic carbocycles. The summed E-state index contributed by atoms with van der Waals surface area (Å²) in [6.07, 6.45) is 4.63. The Kier molecular flexibility index (Phi) is 6.70. The lowest BCUT2D eigenvalue weighted by atomic mass is 10.1. The molecule has 0 bridgehead atoms. The van der Waals surface area contributed by atoms with Crippen LogP contribution in [0.15, 0.2) is 18.2 Å². The molecule has 0 aromatic heterocycles. The number of amides is 1. The number of likely N-dealkylation sites (tertiary alicyclic amines) is 1. The van der Waals surface area contributed by atoms with E-state index >= 15 is 0 Å². The fourth-order valence-electron chi connectivity index (χ4n) is 2.99. The number of nitrogens with one attached hydrogen (secondary N) is 1. The van der Waals surface area contributed by atoms with Gasteiger partial charge in [0.1, 0.15) is 0 Å². The first-order valence-electron chi connectivity index (χ1n) is 8.95. The molecule has 1 aromatic rings. The van der Waals surface area contributed by atoms with Crippen LogP contribution in [0.2, 0.25) is 0 Å². The highest BCUT2D eigenvalue weighted by atomic mass is 32.2. The number of unbranched alkanes of at least 4 members (excludes halogenated alkanes) is 1. The van der Waals surface area contributed by atoms with Gasteiger partial charge in [0.05, 0.1) is 11.3 Å². The SMILES string of the molecule is CCCCS(=O)(=O)Nc1ccc(N(C)C)c(C(=O)N2CCCCC2)c1. The molecule has 2 rings (SSSR count). The Labute approximate surface area is 151 Å². The van der Waals surface area contributed by atoms with Crippen molar-refractivity contribution in [2.75, 3.05) is 42.6 Å². The molecule has 1 N–H and O–H groups in total. The monoisotopic (exact) mass is 367 g/mol. The second kappa shape index (κ2) is 8.56. The van der Waals surface area contributed by atoms with Crippen molar-refractivity contribution in [3.8, 4) is 0 Å². The van der Waals surface area contributed by atoms with Crippen LogP contribution in [0, 0.1) is 0 Å². The molecule has 0 unspecified atom stereocenters. The number of carbonyl (C=O) groups excluding carboxylic acids is 1. The average molecular weight is 368 g/mol. The van der Waals surface area contributed by atoms with Gasteiger partial charge in [0, 0.05) is 38.6 Å².